The lowest BCUT2D eigenvalue weighted by atomic mass is 10.2. The zero-order valence-electron chi connectivity index (χ0n) is 7.99. The van der Waals surface area contributed by atoms with Gasteiger partial charge in [0.2, 0.25) is 6.39 Å². The first-order valence-electron chi connectivity index (χ1n) is 4.30. The van der Waals surface area contributed by atoms with Gasteiger partial charge in [-0.3, -0.25) is 0 Å². The highest BCUT2D eigenvalue weighted by molar-refractivity contribution is 4.77. The number of methoxy groups -OCH3 is 1. The summed E-state index contributed by atoms with van der Waals surface area (Å²) in [5.41, 5.74) is 0. The van der Waals surface area contributed by atoms with E-state index in [9.17, 15) is 0 Å². The molecule has 1 atom stereocenters. The summed E-state index contributed by atoms with van der Waals surface area (Å²) < 4.78 is 9.56. The van der Waals surface area contributed by atoms with E-state index in [-0.39, 0.29) is 0 Å². The van der Waals surface area contributed by atoms with E-state index in [1.165, 1.54) is 6.39 Å². The van der Waals surface area contributed by atoms with Crippen LogP contribution in [-0.4, -0.2) is 29.9 Å². The molecule has 5 nitrogen and oxygen atoms in total. The molecule has 0 aromatic carbocycles. The van der Waals surface area contributed by atoms with E-state index in [0.717, 1.165) is 13.0 Å². The van der Waals surface area contributed by atoms with E-state index >= 15 is 0 Å². The fourth-order valence-corrected chi connectivity index (χ4v) is 0.933. The Kier molecular flexibility index (Phi) is 4.42. The van der Waals surface area contributed by atoms with Crippen molar-refractivity contribution in [2.75, 3.05) is 13.7 Å². The average molecular weight is 185 g/mol. The lowest BCUT2D eigenvalue weighted by Crippen LogP contribution is -2.27. The molecule has 0 aliphatic heterocycles. The van der Waals surface area contributed by atoms with E-state index in [4.69, 9.17) is 4.74 Å². The van der Waals surface area contributed by atoms with Gasteiger partial charge in [0, 0.05) is 19.8 Å². The number of aromatic nitrogens is 2. The Morgan fingerprint density at radius 1 is 1.69 bits per heavy atom. The highest BCUT2D eigenvalue weighted by atomic mass is 16.5. The van der Waals surface area contributed by atoms with Gasteiger partial charge in [0.1, 0.15) is 0 Å². The van der Waals surface area contributed by atoms with Gasteiger partial charge in [-0.25, -0.2) is 0 Å². The normalized spacial score (nSPS) is 13.1. The first kappa shape index (κ1) is 10.1. The Balaban J connectivity index is 2.11. The van der Waals surface area contributed by atoms with E-state index in [2.05, 4.69) is 26.9 Å². The molecule has 1 rings (SSSR count). The van der Waals surface area contributed by atoms with Crippen LogP contribution in [0, 0.1) is 0 Å². The van der Waals surface area contributed by atoms with Crippen LogP contribution in [-0.2, 0) is 11.3 Å². The Labute approximate surface area is 77.5 Å². The van der Waals surface area contributed by atoms with Gasteiger partial charge in [-0.05, 0) is 13.3 Å². The SMILES string of the molecule is COCCC(C)NCc1ncon1. The summed E-state index contributed by atoms with van der Waals surface area (Å²) in [5.74, 6) is 0.685. The van der Waals surface area contributed by atoms with E-state index in [0.29, 0.717) is 18.4 Å². The number of rotatable bonds is 6. The summed E-state index contributed by atoms with van der Waals surface area (Å²) in [6.07, 6.45) is 2.31. The van der Waals surface area contributed by atoms with Crippen molar-refractivity contribution in [1.82, 2.24) is 15.5 Å². The van der Waals surface area contributed by atoms with Crippen LogP contribution in [0.3, 0.4) is 0 Å². The number of hydrogen-bond acceptors (Lipinski definition) is 5. The molecule has 0 aliphatic carbocycles. The van der Waals surface area contributed by atoms with Crippen LogP contribution in [0.1, 0.15) is 19.2 Å². The van der Waals surface area contributed by atoms with Crippen molar-refractivity contribution in [1.29, 1.82) is 0 Å². The first-order valence-corrected chi connectivity index (χ1v) is 4.30. The summed E-state index contributed by atoms with van der Waals surface area (Å²) in [6.45, 7) is 3.50. The smallest absolute Gasteiger partial charge is 0.213 e. The molecular weight excluding hydrogens is 170 g/mol. The quantitative estimate of drug-likeness (QED) is 0.702. The standard InChI is InChI=1S/C8H15N3O2/c1-7(3-4-12-2)9-5-8-10-6-13-11-8/h6-7,9H,3-5H2,1-2H3. The molecule has 0 amide bonds. The fraction of sp³-hybridized carbons (Fsp3) is 0.750. The monoisotopic (exact) mass is 185 g/mol. The van der Waals surface area contributed by atoms with Crippen LogP contribution in [0.2, 0.25) is 0 Å². The van der Waals surface area contributed by atoms with Gasteiger partial charge in [-0.1, -0.05) is 5.16 Å². The van der Waals surface area contributed by atoms with Crippen molar-refractivity contribution in [2.24, 2.45) is 0 Å². The summed E-state index contributed by atoms with van der Waals surface area (Å²) in [4.78, 5) is 3.90. The van der Waals surface area contributed by atoms with Crippen molar-refractivity contribution in [3.63, 3.8) is 0 Å². The molecule has 74 valence electrons. The largest absolute Gasteiger partial charge is 0.385 e. The van der Waals surface area contributed by atoms with E-state index < -0.39 is 0 Å². The van der Waals surface area contributed by atoms with Crippen LogP contribution in [0.25, 0.3) is 0 Å². The Hall–Kier alpha value is -0.940. The highest BCUT2D eigenvalue weighted by Crippen LogP contribution is 1.93. The molecule has 0 radical (unpaired) electrons. The third kappa shape index (κ3) is 4.00. The minimum Gasteiger partial charge on any atom is -0.385 e. The summed E-state index contributed by atoms with van der Waals surface area (Å²) in [7, 11) is 1.70. The molecule has 0 fully saturated rings. The van der Waals surface area contributed by atoms with Crippen LogP contribution in [0.4, 0.5) is 0 Å². The van der Waals surface area contributed by atoms with Crippen molar-refractivity contribution in [3.8, 4) is 0 Å². The van der Waals surface area contributed by atoms with Gasteiger partial charge in [0.25, 0.3) is 0 Å². The Morgan fingerprint density at radius 2 is 2.54 bits per heavy atom. The molecule has 0 saturated carbocycles. The second kappa shape index (κ2) is 5.66. The highest BCUT2D eigenvalue weighted by Gasteiger charge is 2.02. The molecule has 0 saturated heterocycles. The summed E-state index contributed by atoms with van der Waals surface area (Å²) in [5, 5.41) is 6.94. The Morgan fingerprint density at radius 3 is 3.15 bits per heavy atom. The first-order chi connectivity index (χ1) is 6.33. The van der Waals surface area contributed by atoms with Crippen molar-refractivity contribution < 1.29 is 9.26 Å². The van der Waals surface area contributed by atoms with E-state index in [1.807, 2.05) is 0 Å². The molecule has 13 heavy (non-hydrogen) atoms. The lowest BCUT2D eigenvalue weighted by Gasteiger charge is -2.10. The molecule has 1 aromatic heterocycles. The van der Waals surface area contributed by atoms with Crippen LogP contribution < -0.4 is 5.32 Å². The van der Waals surface area contributed by atoms with Gasteiger partial charge in [-0.2, -0.15) is 4.98 Å². The van der Waals surface area contributed by atoms with Crippen LogP contribution >= 0.6 is 0 Å². The third-order valence-corrected chi connectivity index (χ3v) is 1.77. The second-order valence-electron chi connectivity index (χ2n) is 2.91. The average Bonchev–Trinajstić information content (AvgIpc) is 2.64. The zero-order chi connectivity index (χ0) is 9.52. The van der Waals surface area contributed by atoms with E-state index in [1.54, 1.807) is 7.11 Å². The molecule has 0 aliphatic rings. The second-order valence-corrected chi connectivity index (χ2v) is 2.91. The number of nitrogens with zero attached hydrogens (tertiary/aromatic N) is 2. The lowest BCUT2D eigenvalue weighted by molar-refractivity contribution is 0.184. The zero-order valence-corrected chi connectivity index (χ0v) is 7.99. The maximum atomic E-state index is 4.96. The van der Waals surface area contributed by atoms with Gasteiger partial charge < -0.3 is 14.6 Å². The maximum Gasteiger partial charge on any atom is 0.213 e. The Bertz CT molecular complexity index is 213. The number of ether oxygens (including phenoxy) is 1. The molecule has 1 N–H and O–H groups in total. The molecule has 1 heterocycles. The molecule has 5 heteroatoms. The molecule has 1 unspecified atom stereocenters. The third-order valence-electron chi connectivity index (χ3n) is 1.77. The van der Waals surface area contributed by atoms with Gasteiger partial charge in [-0.15, -0.1) is 0 Å². The maximum absolute atomic E-state index is 4.96. The predicted octanol–water partition coefficient (Wildman–Crippen LogP) is 0.584. The summed E-state index contributed by atoms with van der Waals surface area (Å²) in [6, 6.07) is 0.401. The van der Waals surface area contributed by atoms with Crippen molar-refractivity contribution in [2.45, 2.75) is 25.9 Å². The molecule has 1 aromatic rings. The van der Waals surface area contributed by atoms with Gasteiger partial charge >= 0.3 is 0 Å². The van der Waals surface area contributed by atoms with Crippen molar-refractivity contribution in [3.05, 3.63) is 12.2 Å². The minimum atomic E-state index is 0.401. The predicted molar refractivity (Wildman–Crippen MR) is 47.1 cm³/mol. The minimum absolute atomic E-state index is 0.401. The fourth-order valence-electron chi connectivity index (χ4n) is 0.933. The molecule has 0 bridgehead atoms. The van der Waals surface area contributed by atoms with Crippen LogP contribution in [0.5, 0.6) is 0 Å². The van der Waals surface area contributed by atoms with Crippen molar-refractivity contribution >= 4 is 0 Å². The topological polar surface area (TPSA) is 60.2 Å². The summed E-state index contributed by atoms with van der Waals surface area (Å²) >= 11 is 0. The van der Waals surface area contributed by atoms with Gasteiger partial charge in [0.15, 0.2) is 5.82 Å². The number of hydrogen-bond donors (Lipinski definition) is 1. The molecular formula is C8H15N3O2. The van der Waals surface area contributed by atoms with Gasteiger partial charge in [0.05, 0.1) is 6.54 Å². The molecule has 0 spiro atoms. The number of nitrogens with one attached hydrogen (secondary N) is 1. The van der Waals surface area contributed by atoms with Crippen LogP contribution in [0.15, 0.2) is 10.9 Å².